The van der Waals surface area contributed by atoms with E-state index < -0.39 is 0 Å². The summed E-state index contributed by atoms with van der Waals surface area (Å²) >= 11 is 6.05. The summed E-state index contributed by atoms with van der Waals surface area (Å²) in [6, 6.07) is 19.4. The van der Waals surface area contributed by atoms with Crippen molar-refractivity contribution in [3.05, 3.63) is 83.8 Å². The van der Waals surface area contributed by atoms with Gasteiger partial charge in [-0.05, 0) is 36.4 Å². The van der Waals surface area contributed by atoms with Crippen LogP contribution < -0.4 is 10.1 Å². The molecule has 6 nitrogen and oxygen atoms in total. The second-order valence-corrected chi connectivity index (χ2v) is 6.37. The van der Waals surface area contributed by atoms with Crippen LogP contribution in [0.25, 0.3) is 0 Å². The fourth-order valence-electron chi connectivity index (χ4n) is 2.51. The van der Waals surface area contributed by atoms with Gasteiger partial charge in [-0.3, -0.25) is 9.59 Å². The molecule has 0 unspecified atom stereocenters. The van der Waals surface area contributed by atoms with E-state index in [9.17, 15) is 9.59 Å². The summed E-state index contributed by atoms with van der Waals surface area (Å²) < 4.78 is 10.8. The van der Waals surface area contributed by atoms with Crippen molar-refractivity contribution in [3.8, 4) is 5.75 Å². The number of halogens is 1. The van der Waals surface area contributed by atoms with Gasteiger partial charge >= 0.3 is 0 Å². The van der Waals surface area contributed by atoms with Gasteiger partial charge in [-0.15, -0.1) is 0 Å². The fourth-order valence-corrected chi connectivity index (χ4v) is 2.70. The van der Waals surface area contributed by atoms with Crippen molar-refractivity contribution in [2.24, 2.45) is 0 Å². The maximum atomic E-state index is 12.7. The molecule has 0 bridgehead atoms. The number of nitrogens with one attached hydrogen (secondary N) is 1. The number of carbonyl (C=O) groups excluding carboxylic acids is 2. The fraction of sp³-hybridized carbons (Fsp3) is 0.143. The van der Waals surface area contributed by atoms with Gasteiger partial charge in [0, 0.05) is 5.69 Å². The number of rotatable bonds is 8. The lowest BCUT2D eigenvalue weighted by Crippen LogP contribution is -2.40. The number of hydrogen-bond acceptors (Lipinski definition) is 4. The normalized spacial score (nSPS) is 10.3. The molecule has 0 aliphatic carbocycles. The highest BCUT2D eigenvalue weighted by atomic mass is 35.5. The highest BCUT2D eigenvalue weighted by Gasteiger charge is 2.20. The molecule has 1 heterocycles. The van der Waals surface area contributed by atoms with E-state index in [0.717, 1.165) is 0 Å². The van der Waals surface area contributed by atoms with E-state index in [2.05, 4.69) is 5.32 Å². The molecular weight excluding hydrogens is 380 g/mol. The number of benzene rings is 2. The summed E-state index contributed by atoms with van der Waals surface area (Å²) in [7, 11) is 0. The molecule has 0 radical (unpaired) electrons. The molecule has 2 amide bonds. The first-order valence-corrected chi connectivity index (χ1v) is 9.02. The van der Waals surface area contributed by atoms with Crippen LogP contribution in [0.4, 0.5) is 5.69 Å². The maximum absolute atomic E-state index is 12.7. The Kier molecular flexibility index (Phi) is 6.70. The van der Waals surface area contributed by atoms with Gasteiger partial charge in [-0.1, -0.05) is 41.9 Å². The second-order valence-electron chi connectivity index (χ2n) is 5.96. The maximum Gasteiger partial charge on any atom is 0.261 e. The molecular formula is C21H19ClN2O4. The monoisotopic (exact) mass is 398 g/mol. The average molecular weight is 399 g/mol. The van der Waals surface area contributed by atoms with E-state index in [1.807, 2.05) is 18.2 Å². The minimum Gasteiger partial charge on any atom is -0.482 e. The third-order valence-electron chi connectivity index (χ3n) is 3.86. The number of furan rings is 1. The van der Waals surface area contributed by atoms with E-state index in [1.54, 1.807) is 48.5 Å². The Labute approximate surface area is 167 Å². The number of ether oxygens (including phenoxy) is 1. The Morgan fingerprint density at radius 2 is 1.75 bits per heavy atom. The molecule has 0 fully saturated rings. The second kappa shape index (κ2) is 9.62. The van der Waals surface area contributed by atoms with Gasteiger partial charge in [0.25, 0.3) is 5.91 Å². The van der Waals surface area contributed by atoms with Crippen LogP contribution in [0.1, 0.15) is 5.76 Å². The predicted octanol–water partition coefficient (Wildman–Crippen LogP) is 3.98. The van der Waals surface area contributed by atoms with Gasteiger partial charge < -0.3 is 19.4 Å². The van der Waals surface area contributed by atoms with Gasteiger partial charge in [-0.2, -0.15) is 0 Å². The largest absolute Gasteiger partial charge is 0.482 e. The first-order valence-electron chi connectivity index (χ1n) is 8.64. The SMILES string of the molecule is O=C(CN(Cc1ccco1)C(=O)COc1ccccc1Cl)Nc1ccccc1. The van der Waals surface area contributed by atoms with Crippen molar-refractivity contribution in [3.63, 3.8) is 0 Å². The minimum absolute atomic E-state index is 0.139. The Balaban J connectivity index is 1.64. The van der Waals surface area contributed by atoms with E-state index in [-0.39, 0.29) is 31.5 Å². The van der Waals surface area contributed by atoms with Crippen molar-refractivity contribution in [2.45, 2.75) is 6.54 Å². The van der Waals surface area contributed by atoms with Crippen molar-refractivity contribution in [1.29, 1.82) is 0 Å². The Hall–Kier alpha value is -3.25. The molecule has 1 aromatic heterocycles. The van der Waals surface area contributed by atoms with Crippen LogP contribution in [0.3, 0.4) is 0 Å². The van der Waals surface area contributed by atoms with Gasteiger partial charge in [0.05, 0.1) is 17.8 Å². The lowest BCUT2D eigenvalue weighted by molar-refractivity contribution is -0.137. The minimum atomic E-state index is -0.362. The van der Waals surface area contributed by atoms with Gasteiger partial charge in [0.1, 0.15) is 18.1 Å². The van der Waals surface area contributed by atoms with Crippen LogP contribution in [-0.4, -0.2) is 29.9 Å². The zero-order chi connectivity index (χ0) is 19.8. The third kappa shape index (κ3) is 5.62. The highest BCUT2D eigenvalue weighted by molar-refractivity contribution is 6.32. The molecule has 28 heavy (non-hydrogen) atoms. The standard InChI is InChI=1S/C21H19ClN2O4/c22-18-10-4-5-11-19(18)28-15-21(26)24(13-17-9-6-12-27-17)14-20(25)23-16-7-2-1-3-8-16/h1-12H,13-15H2,(H,23,25). The first-order chi connectivity index (χ1) is 13.6. The first kappa shape index (κ1) is 19.5. The lowest BCUT2D eigenvalue weighted by atomic mass is 10.3. The zero-order valence-corrected chi connectivity index (χ0v) is 15.8. The van der Waals surface area contributed by atoms with Crippen LogP contribution in [0.2, 0.25) is 5.02 Å². The molecule has 0 atom stereocenters. The zero-order valence-electron chi connectivity index (χ0n) is 15.0. The summed E-state index contributed by atoms with van der Waals surface area (Å²) in [5.41, 5.74) is 0.658. The molecule has 2 aromatic carbocycles. The van der Waals surface area contributed by atoms with Crippen LogP contribution >= 0.6 is 11.6 Å². The number of anilines is 1. The molecule has 1 N–H and O–H groups in total. The van der Waals surface area contributed by atoms with Crippen molar-refractivity contribution in [2.75, 3.05) is 18.5 Å². The highest BCUT2D eigenvalue weighted by Crippen LogP contribution is 2.23. The van der Waals surface area contributed by atoms with E-state index in [1.165, 1.54) is 11.2 Å². The van der Waals surface area contributed by atoms with Crippen LogP contribution in [-0.2, 0) is 16.1 Å². The summed E-state index contributed by atoms with van der Waals surface area (Å²) in [6.45, 7) is -0.233. The van der Waals surface area contributed by atoms with Crippen LogP contribution in [0.15, 0.2) is 77.4 Å². The van der Waals surface area contributed by atoms with Crippen molar-refractivity contribution >= 4 is 29.1 Å². The third-order valence-corrected chi connectivity index (χ3v) is 4.17. The molecule has 0 aliphatic rings. The van der Waals surface area contributed by atoms with Gasteiger partial charge in [0.2, 0.25) is 5.91 Å². The molecule has 0 saturated heterocycles. The Morgan fingerprint density at radius 1 is 1.00 bits per heavy atom. The van der Waals surface area contributed by atoms with Crippen molar-refractivity contribution < 1.29 is 18.7 Å². The number of hydrogen-bond donors (Lipinski definition) is 1. The average Bonchev–Trinajstić information content (AvgIpc) is 3.20. The summed E-state index contributed by atoms with van der Waals surface area (Å²) in [6.07, 6.45) is 1.52. The number of amides is 2. The summed E-state index contributed by atoms with van der Waals surface area (Å²) in [5.74, 6) is 0.297. The topological polar surface area (TPSA) is 71.8 Å². The quantitative estimate of drug-likeness (QED) is 0.623. The Morgan fingerprint density at radius 3 is 2.46 bits per heavy atom. The lowest BCUT2D eigenvalue weighted by Gasteiger charge is -2.21. The van der Waals surface area contributed by atoms with E-state index in [4.69, 9.17) is 20.8 Å². The number of nitrogens with zero attached hydrogens (tertiary/aromatic N) is 1. The molecule has 0 spiro atoms. The molecule has 7 heteroatoms. The smallest absolute Gasteiger partial charge is 0.261 e. The summed E-state index contributed by atoms with van der Waals surface area (Å²) in [4.78, 5) is 26.4. The number of carbonyl (C=O) groups is 2. The summed E-state index contributed by atoms with van der Waals surface area (Å²) in [5, 5.41) is 3.18. The van der Waals surface area contributed by atoms with Gasteiger partial charge in [0.15, 0.2) is 6.61 Å². The molecule has 0 saturated carbocycles. The van der Waals surface area contributed by atoms with Gasteiger partial charge in [-0.25, -0.2) is 0 Å². The molecule has 3 rings (SSSR count). The van der Waals surface area contributed by atoms with Crippen LogP contribution in [0, 0.1) is 0 Å². The van der Waals surface area contributed by atoms with Crippen LogP contribution in [0.5, 0.6) is 5.75 Å². The Bertz CT molecular complexity index is 913. The molecule has 144 valence electrons. The molecule has 0 aliphatic heterocycles. The van der Waals surface area contributed by atoms with Crippen molar-refractivity contribution in [1.82, 2.24) is 4.90 Å². The number of para-hydroxylation sites is 2. The van der Waals surface area contributed by atoms with E-state index >= 15 is 0 Å². The molecule has 3 aromatic rings. The predicted molar refractivity (Wildman–Crippen MR) is 106 cm³/mol. The van der Waals surface area contributed by atoms with E-state index in [0.29, 0.717) is 22.2 Å².